The van der Waals surface area contributed by atoms with Crippen LogP contribution in [0.1, 0.15) is 220 Å². The Hall–Kier alpha value is -6.20. The van der Waals surface area contributed by atoms with Crippen LogP contribution in [-0.2, 0) is 44.3 Å². The van der Waals surface area contributed by atoms with Gasteiger partial charge in [-0.1, -0.05) is 179 Å². The van der Waals surface area contributed by atoms with Crippen molar-refractivity contribution in [2.24, 2.45) is 5.41 Å². The van der Waals surface area contributed by atoms with Gasteiger partial charge in [-0.15, -0.1) is 0 Å². The van der Waals surface area contributed by atoms with E-state index in [4.69, 9.17) is 4.42 Å². The van der Waals surface area contributed by atoms with E-state index in [9.17, 15) is 0 Å². The zero-order valence-electron chi connectivity index (χ0n) is 52.5. The fourth-order valence-corrected chi connectivity index (χ4v) is 15.6. The summed E-state index contributed by atoms with van der Waals surface area (Å²) in [6.07, 6.45) is 11.3. The zero-order chi connectivity index (χ0) is 57.5. The monoisotopic (exact) mass is 1070 g/mol. The maximum Gasteiger partial charge on any atom is 0.297 e. The molecule has 4 nitrogen and oxygen atoms in total. The summed E-state index contributed by atoms with van der Waals surface area (Å²) in [5, 5.41) is 0. The first kappa shape index (κ1) is 54.1. The summed E-state index contributed by atoms with van der Waals surface area (Å²) in [5.74, 6) is 1.11. The highest BCUT2D eigenvalue weighted by Crippen LogP contribution is 2.56. The van der Waals surface area contributed by atoms with Crippen molar-refractivity contribution in [1.82, 2.24) is 0 Å². The molecule has 0 spiro atoms. The number of benzene rings is 6. The molecule has 0 atom stereocenters. The lowest BCUT2D eigenvalue weighted by molar-refractivity contribution is 0.332. The highest BCUT2D eigenvalue weighted by atomic mass is 16.3. The molecule has 6 aromatic carbocycles. The standard InChI is InChI=1S/C76H90BN3O/c1-69(2,3)47-24-27-50(28-25-47)78(49-22-20-19-21-23-49)53-43-63-66-64(44-53)80(52-30-32-56-58(42-52)74(13,14)37-35-72(56,9)10)67-54-40-48(70(4,5)6)26-33-65(54)81-68(67)77(66)61-45-59-60(76(17,18)39-38-75(59,15)16)46-62(61)79(63)51-29-31-55-57(41-51)73(11,12)36-34-71(55,7)8/h19-25,27-32,40-46H,26,33-39H2,1-18H3. The number of para-hydroxylation sites is 1. The zero-order valence-corrected chi connectivity index (χ0v) is 52.5. The molecule has 7 aromatic rings. The van der Waals surface area contributed by atoms with E-state index in [1.165, 1.54) is 108 Å². The highest BCUT2D eigenvalue weighted by Gasteiger charge is 2.51. The van der Waals surface area contributed by atoms with E-state index in [1.807, 2.05) is 0 Å². The van der Waals surface area contributed by atoms with Crippen molar-refractivity contribution in [3.05, 3.63) is 171 Å². The Morgan fingerprint density at radius 3 is 1.43 bits per heavy atom. The molecule has 0 saturated heterocycles. The Labute approximate surface area is 487 Å². The number of hydrogen-bond acceptors (Lipinski definition) is 4. The fraction of sp³-hybridized carbons (Fsp3) is 0.447. The number of fused-ring (bicyclic) bond motifs is 9. The number of furan rings is 1. The molecule has 5 heteroatoms. The van der Waals surface area contributed by atoms with Gasteiger partial charge in [0.15, 0.2) is 0 Å². The third-order valence-corrected chi connectivity index (χ3v) is 21.3. The Balaban J connectivity index is 1.20. The lowest BCUT2D eigenvalue weighted by Crippen LogP contribution is -2.61. The van der Waals surface area contributed by atoms with Crippen LogP contribution in [0.3, 0.4) is 0 Å². The van der Waals surface area contributed by atoms with Crippen LogP contribution < -0.4 is 31.3 Å². The Morgan fingerprint density at radius 2 is 0.914 bits per heavy atom. The van der Waals surface area contributed by atoms with Gasteiger partial charge in [0.2, 0.25) is 0 Å². The molecule has 0 fully saturated rings. The molecule has 4 aliphatic carbocycles. The molecule has 0 N–H and O–H groups in total. The van der Waals surface area contributed by atoms with Crippen molar-refractivity contribution in [3.63, 3.8) is 0 Å². The first-order valence-electron chi connectivity index (χ1n) is 31.0. The van der Waals surface area contributed by atoms with Crippen molar-refractivity contribution in [3.8, 4) is 0 Å². The molecule has 0 unspecified atom stereocenters. The smallest absolute Gasteiger partial charge is 0.297 e. The predicted molar refractivity (Wildman–Crippen MR) is 348 cm³/mol. The largest absolute Gasteiger partial charge is 0.472 e. The van der Waals surface area contributed by atoms with Gasteiger partial charge in [0.1, 0.15) is 5.76 Å². The van der Waals surface area contributed by atoms with Gasteiger partial charge in [0, 0.05) is 51.8 Å². The molecule has 2 aliphatic heterocycles. The number of allylic oxidation sites excluding steroid dienone is 1. The third kappa shape index (κ3) is 8.48. The second kappa shape index (κ2) is 17.7. The van der Waals surface area contributed by atoms with Gasteiger partial charge in [-0.3, -0.25) is 0 Å². The molecule has 1 aromatic heterocycles. The van der Waals surface area contributed by atoms with Gasteiger partial charge >= 0.3 is 0 Å². The lowest BCUT2D eigenvalue weighted by atomic mass is 9.35. The molecule has 0 radical (unpaired) electrons. The van der Waals surface area contributed by atoms with Gasteiger partial charge < -0.3 is 19.1 Å². The summed E-state index contributed by atoms with van der Waals surface area (Å²) in [4.78, 5) is 7.94. The Bertz CT molecular complexity index is 3750. The SMILES string of the molecule is CC(C)(C)C1=Cc2c(oc3c2N(c2ccc4c(c2)C(C)(C)CCC4(C)C)c2cc(N(c4ccccc4)c4ccc(C(C)(C)C)cc4)cc4c2B3c2cc3c(cc2N4c2ccc4c(c2)C(C)(C)CCC4(C)C)C(C)(C)CCC3(C)C)CC1. The van der Waals surface area contributed by atoms with Gasteiger partial charge in [-0.05, 0) is 211 Å². The Morgan fingerprint density at radius 1 is 0.444 bits per heavy atom. The van der Waals surface area contributed by atoms with Crippen molar-refractivity contribution in [1.29, 1.82) is 0 Å². The molecule has 3 heterocycles. The molecule has 13 rings (SSSR count). The Kier molecular flexibility index (Phi) is 11.8. The minimum atomic E-state index is -0.165. The predicted octanol–water partition coefficient (Wildman–Crippen LogP) is 19.6. The van der Waals surface area contributed by atoms with Crippen LogP contribution in [0.15, 0.2) is 125 Å². The van der Waals surface area contributed by atoms with Crippen LogP contribution in [0.25, 0.3) is 6.08 Å². The van der Waals surface area contributed by atoms with E-state index < -0.39 is 0 Å². The summed E-state index contributed by atoms with van der Waals surface area (Å²) < 4.78 is 7.78. The minimum Gasteiger partial charge on any atom is -0.472 e. The topological polar surface area (TPSA) is 22.9 Å². The molecule has 6 aliphatic rings. The number of aryl methyl sites for hydroxylation is 1. The summed E-state index contributed by atoms with van der Waals surface area (Å²) in [7, 11) is 0. The van der Waals surface area contributed by atoms with E-state index in [0.29, 0.717) is 0 Å². The average Bonchev–Trinajstić information content (AvgIpc) is 2.07. The van der Waals surface area contributed by atoms with Crippen LogP contribution in [0.4, 0.5) is 51.2 Å². The van der Waals surface area contributed by atoms with E-state index in [2.05, 4.69) is 261 Å². The number of nitrogens with zero attached hydrogens (tertiary/aromatic N) is 3. The number of rotatable bonds is 5. The highest BCUT2D eigenvalue weighted by molar-refractivity contribution is 6.99. The minimum absolute atomic E-state index is 0.00216. The van der Waals surface area contributed by atoms with Gasteiger partial charge in [0.25, 0.3) is 6.71 Å². The summed E-state index contributed by atoms with van der Waals surface area (Å²) in [5.41, 5.74) is 27.5. The lowest BCUT2D eigenvalue weighted by Gasteiger charge is -2.47. The van der Waals surface area contributed by atoms with Crippen molar-refractivity contribution in [2.45, 2.75) is 214 Å². The molecule has 0 saturated carbocycles. The maximum atomic E-state index is 7.78. The normalized spacial score (nSPS) is 20.2. The molecule has 0 amide bonds. The van der Waals surface area contributed by atoms with Gasteiger partial charge in [-0.25, -0.2) is 0 Å². The van der Waals surface area contributed by atoms with Crippen LogP contribution in [-0.4, -0.2) is 6.71 Å². The van der Waals surface area contributed by atoms with Crippen molar-refractivity contribution in [2.75, 3.05) is 14.7 Å². The summed E-state index contributed by atoms with van der Waals surface area (Å²) in [6.45, 7) is 43.7. The van der Waals surface area contributed by atoms with E-state index >= 15 is 0 Å². The van der Waals surface area contributed by atoms with Crippen LogP contribution in [0.5, 0.6) is 0 Å². The van der Waals surface area contributed by atoms with E-state index in [0.717, 1.165) is 67.0 Å². The molecular formula is C76H90BN3O. The van der Waals surface area contributed by atoms with E-state index in [1.54, 1.807) is 0 Å². The molecule has 81 heavy (non-hydrogen) atoms. The quantitative estimate of drug-likeness (QED) is 0.160. The first-order valence-corrected chi connectivity index (χ1v) is 31.0. The van der Waals surface area contributed by atoms with Gasteiger partial charge in [-0.2, -0.15) is 0 Å². The summed E-state index contributed by atoms with van der Waals surface area (Å²) in [6, 6.07) is 46.1. The van der Waals surface area contributed by atoms with Crippen LogP contribution >= 0.6 is 0 Å². The first-order chi connectivity index (χ1) is 37.9. The number of anilines is 9. The number of hydrogen-bond donors (Lipinski definition) is 0. The van der Waals surface area contributed by atoms with Gasteiger partial charge in [0.05, 0.1) is 17.0 Å². The van der Waals surface area contributed by atoms with Crippen molar-refractivity contribution >= 4 is 80.6 Å². The van der Waals surface area contributed by atoms with Crippen LogP contribution in [0, 0.1) is 5.41 Å². The maximum absolute atomic E-state index is 7.78. The third-order valence-electron chi connectivity index (χ3n) is 21.3. The summed E-state index contributed by atoms with van der Waals surface area (Å²) >= 11 is 0. The second-order valence-electron chi connectivity index (χ2n) is 31.8. The van der Waals surface area contributed by atoms with E-state index in [-0.39, 0.29) is 50.0 Å². The molecule has 0 bridgehead atoms. The fourth-order valence-electron chi connectivity index (χ4n) is 15.6. The molecule has 418 valence electrons. The van der Waals surface area contributed by atoms with Crippen LogP contribution in [0.2, 0.25) is 0 Å². The van der Waals surface area contributed by atoms with Crippen molar-refractivity contribution < 1.29 is 4.42 Å². The average molecular weight is 1070 g/mol. The second-order valence-corrected chi connectivity index (χ2v) is 31.8. The molecular weight excluding hydrogens is 982 g/mol.